The van der Waals surface area contributed by atoms with Crippen molar-refractivity contribution in [3.63, 3.8) is 0 Å². The number of piperidine rings is 1. The van der Waals surface area contributed by atoms with Crippen LogP contribution in [0.2, 0.25) is 0 Å². The number of benzene rings is 1. The van der Waals surface area contributed by atoms with Gasteiger partial charge in [0.1, 0.15) is 5.75 Å². The first-order valence-electron chi connectivity index (χ1n) is 11.3. The predicted molar refractivity (Wildman–Crippen MR) is 123 cm³/mol. The number of methoxy groups -OCH3 is 1. The van der Waals surface area contributed by atoms with Crippen molar-refractivity contribution in [3.8, 4) is 5.75 Å². The summed E-state index contributed by atoms with van der Waals surface area (Å²) in [7, 11) is -1.56. The van der Waals surface area contributed by atoms with Crippen molar-refractivity contribution in [3.05, 3.63) is 29.8 Å². The average Bonchev–Trinajstić information content (AvgIpc) is 2.73. The molecule has 30 heavy (non-hydrogen) atoms. The molecule has 1 aliphatic heterocycles. The van der Waals surface area contributed by atoms with Crippen molar-refractivity contribution in [2.45, 2.75) is 75.9 Å². The van der Waals surface area contributed by atoms with Crippen molar-refractivity contribution >= 4 is 10.0 Å². The van der Waals surface area contributed by atoms with Crippen LogP contribution in [0.4, 0.5) is 0 Å². The summed E-state index contributed by atoms with van der Waals surface area (Å²) in [5.41, 5.74) is 0.985. The Morgan fingerprint density at radius 2 is 1.77 bits per heavy atom. The van der Waals surface area contributed by atoms with Crippen LogP contribution in [0.15, 0.2) is 24.3 Å². The highest BCUT2D eigenvalue weighted by Crippen LogP contribution is 2.40. The quantitative estimate of drug-likeness (QED) is 0.654. The minimum absolute atomic E-state index is 0.184. The molecule has 170 valence electrons. The summed E-state index contributed by atoms with van der Waals surface area (Å²) >= 11 is 0. The Kier molecular flexibility index (Phi) is 7.82. The van der Waals surface area contributed by atoms with Crippen LogP contribution in [-0.2, 0) is 15.4 Å². The monoisotopic (exact) mass is 437 g/mol. The lowest BCUT2D eigenvalue weighted by atomic mass is 9.68. The molecule has 2 fully saturated rings. The normalized spacial score (nSPS) is 26.8. The predicted octanol–water partition coefficient (Wildman–Crippen LogP) is 2.89. The van der Waals surface area contributed by atoms with Crippen molar-refractivity contribution in [1.29, 1.82) is 0 Å². The third-order valence-corrected chi connectivity index (χ3v) is 7.70. The van der Waals surface area contributed by atoms with Crippen LogP contribution in [0.1, 0.15) is 57.9 Å². The molecule has 2 N–H and O–H groups in total. The number of nitrogens with zero attached hydrogens (tertiary/aromatic N) is 1. The zero-order valence-electron chi connectivity index (χ0n) is 19.0. The maximum absolute atomic E-state index is 11.8. The van der Waals surface area contributed by atoms with E-state index in [1.165, 1.54) is 37.8 Å². The maximum Gasteiger partial charge on any atom is 0.208 e. The van der Waals surface area contributed by atoms with E-state index in [9.17, 15) is 8.42 Å². The number of hydrogen-bond donors (Lipinski definition) is 2. The van der Waals surface area contributed by atoms with Crippen LogP contribution >= 0.6 is 0 Å². The number of hydrogen-bond acceptors (Lipinski definition) is 5. The average molecular weight is 438 g/mol. The van der Waals surface area contributed by atoms with E-state index in [-0.39, 0.29) is 5.41 Å². The van der Waals surface area contributed by atoms with E-state index in [1.54, 1.807) is 7.11 Å². The summed E-state index contributed by atoms with van der Waals surface area (Å²) in [6.45, 7) is 7.34. The van der Waals surface area contributed by atoms with Gasteiger partial charge in [-0.25, -0.2) is 13.1 Å². The molecule has 3 rings (SSSR count). The summed E-state index contributed by atoms with van der Waals surface area (Å²) in [5, 5.41) is 3.91. The number of sulfonamides is 1. The van der Waals surface area contributed by atoms with E-state index in [4.69, 9.17) is 4.74 Å². The molecule has 1 aliphatic carbocycles. The van der Waals surface area contributed by atoms with Gasteiger partial charge in [0.25, 0.3) is 0 Å². The third-order valence-electron chi connectivity index (χ3n) is 7.03. The van der Waals surface area contributed by atoms with E-state index < -0.39 is 10.0 Å². The second kappa shape index (κ2) is 9.98. The zero-order valence-corrected chi connectivity index (χ0v) is 19.8. The van der Waals surface area contributed by atoms with Crippen LogP contribution in [0.5, 0.6) is 5.75 Å². The standard InChI is InChI=1S/C23H39N3O3S/c1-18(2)26-14-10-21(11-15-26)25-20-8-12-23(13-9-20,17-24-30(4,27)28)19-6-5-7-22(16-19)29-3/h5-7,16,18,20-21,24-25H,8-15,17H2,1-4H3/t20-,23-. The van der Waals surface area contributed by atoms with Gasteiger partial charge in [0.2, 0.25) is 10.0 Å². The fourth-order valence-corrected chi connectivity index (χ4v) is 5.58. The molecule has 0 aromatic heterocycles. The van der Waals surface area contributed by atoms with E-state index in [2.05, 4.69) is 40.9 Å². The Balaban J connectivity index is 1.64. The summed E-state index contributed by atoms with van der Waals surface area (Å²) in [6.07, 6.45) is 7.72. The van der Waals surface area contributed by atoms with Crippen molar-refractivity contribution < 1.29 is 13.2 Å². The van der Waals surface area contributed by atoms with Gasteiger partial charge >= 0.3 is 0 Å². The highest BCUT2D eigenvalue weighted by atomic mass is 32.2. The first-order valence-corrected chi connectivity index (χ1v) is 13.2. The topological polar surface area (TPSA) is 70.7 Å². The highest BCUT2D eigenvalue weighted by Gasteiger charge is 2.38. The largest absolute Gasteiger partial charge is 0.497 e. The minimum Gasteiger partial charge on any atom is -0.497 e. The van der Waals surface area contributed by atoms with E-state index >= 15 is 0 Å². The molecule has 0 spiro atoms. The number of likely N-dealkylation sites (tertiary alicyclic amines) is 1. The maximum atomic E-state index is 11.8. The molecule has 1 aromatic carbocycles. The van der Waals surface area contributed by atoms with Crippen LogP contribution in [0, 0.1) is 0 Å². The van der Waals surface area contributed by atoms with E-state index in [0.29, 0.717) is 24.7 Å². The van der Waals surface area contributed by atoms with Gasteiger partial charge in [-0.3, -0.25) is 0 Å². The van der Waals surface area contributed by atoms with Crippen LogP contribution in [0.25, 0.3) is 0 Å². The van der Waals surface area contributed by atoms with Gasteiger partial charge in [0.15, 0.2) is 0 Å². The fraction of sp³-hybridized carbons (Fsp3) is 0.739. The lowest BCUT2D eigenvalue weighted by molar-refractivity contribution is 0.146. The first-order chi connectivity index (χ1) is 14.2. The first kappa shape index (κ1) is 23.5. The minimum atomic E-state index is -3.24. The highest BCUT2D eigenvalue weighted by molar-refractivity contribution is 7.88. The molecule has 6 nitrogen and oxygen atoms in total. The van der Waals surface area contributed by atoms with Crippen molar-refractivity contribution in [2.75, 3.05) is 33.0 Å². The zero-order chi connectivity index (χ0) is 21.8. The smallest absolute Gasteiger partial charge is 0.208 e. The molecule has 1 heterocycles. The van der Waals surface area contributed by atoms with Crippen molar-refractivity contribution in [1.82, 2.24) is 14.9 Å². The number of rotatable bonds is 8. The molecule has 0 amide bonds. The molecule has 7 heteroatoms. The fourth-order valence-electron chi connectivity index (χ4n) is 5.04. The van der Waals surface area contributed by atoms with Gasteiger partial charge in [0.05, 0.1) is 13.4 Å². The Morgan fingerprint density at radius 1 is 1.13 bits per heavy atom. The molecular formula is C23H39N3O3S. The van der Waals surface area contributed by atoms with Gasteiger partial charge in [0, 0.05) is 30.1 Å². The van der Waals surface area contributed by atoms with Gasteiger partial charge in [-0.2, -0.15) is 0 Å². The SMILES string of the molecule is COc1cccc([C@]2(CNS(C)(=O)=O)CC[C@@H](NC3CCN(C(C)C)CC3)CC2)c1. The second-order valence-corrected chi connectivity index (χ2v) is 11.3. The van der Waals surface area contributed by atoms with Gasteiger partial charge in [-0.15, -0.1) is 0 Å². The summed E-state index contributed by atoms with van der Waals surface area (Å²) in [6, 6.07) is 9.87. The van der Waals surface area contributed by atoms with E-state index in [0.717, 1.165) is 31.4 Å². The Hall–Kier alpha value is -1.15. The molecule has 1 saturated carbocycles. The molecule has 2 aliphatic rings. The molecule has 1 saturated heterocycles. The number of nitrogens with one attached hydrogen (secondary N) is 2. The summed E-state index contributed by atoms with van der Waals surface area (Å²) < 4.78 is 31.9. The molecule has 0 unspecified atom stereocenters. The van der Waals surface area contributed by atoms with Crippen molar-refractivity contribution in [2.24, 2.45) is 0 Å². The number of ether oxygens (including phenoxy) is 1. The van der Waals surface area contributed by atoms with Crippen LogP contribution in [-0.4, -0.2) is 64.4 Å². The molecule has 0 bridgehead atoms. The summed E-state index contributed by atoms with van der Waals surface area (Å²) in [5.74, 6) is 0.823. The van der Waals surface area contributed by atoms with Crippen LogP contribution < -0.4 is 14.8 Å². The molecular weight excluding hydrogens is 398 g/mol. The van der Waals surface area contributed by atoms with E-state index in [1.807, 2.05) is 12.1 Å². The van der Waals surface area contributed by atoms with Gasteiger partial charge < -0.3 is 15.0 Å². The Bertz CT molecular complexity index is 781. The van der Waals surface area contributed by atoms with Gasteiger partial charge in [-0.1, -0.05) is 12.1 Å². The second-order valence-electron chi connectivity index (χ2n) is 9.45. The molecule has 0 radical (unpaired) electrons. The lowest BCUT2D eigenvalue weighted by Crippen LogP contribution is -2.51. The third kappa shape index (κ3) is 6.19. The van der Waals surface area contributed by atoms with Gasteiger partial charge in [-0.05, 0) is 83.2 Å². The lowest BCUT2D eigenvalue weighted by Gasteiger charge is -2.43. The molecule has 0 atom stereocenters. The Morgan fingerprint density at radius 3 is 2.33 bits per heavy atom. The molecule has 1 aromatic rings. The Labute approximate surface area is 182 Å². The van der Waals surface area contributed by atoms with Crippen LogP contribution in [0.3, 0.4) is 0 Å². The summed E-state index contributed by atoms with van der Waals surface area (Å²) in [4.78, 5) is 2.56.